The molecule has 1 aromatic rings. The monoisotopic (exact) mass is 297 g/mol. The second-order valence-corrected chi connectivity index (χ2v) is 6.25. The zero-order valence-corrected chi connectivity index (χ0v) is 12.9. The number of ether oxygens (including phenoxy) is 1. The molecule has 0 spiro atoms. The van der Waals surface area contributed by atoms with Crippen LogP contribution in [0.5, 0.6) is 5.75 Å². The van der Waals surface area contributed by atoms with Crippen molar-refractivity contribution in [3.05, 3.63) is 29.3 Å². The van der Waals surface area contributed by atoms with Gasteiger partial charge in [0, 0.05) is 6.04 Å². The van der Waals surface area contributed by atoms with E-state index in [1.807, 2.05) is 6.92 Å². The van der Waals surface area contributed by atoms with E-state index in [9.17, 15) is 8.78 Å². The molecule has 1 aromatic carbocycles. The van der Waals surface area contributed by atoms with Gasteiger partial charge in [-0.25, -0.2) is 8.78 Å². The smallest absolute Gasteiger partial charge is 0.191 e. The molecule has 3 atom stereocenters. The minimum Gasteiger partial charge on any atom is -0.484 e. The van der Waals surface area contributed by atoms with Crippen LogP contribution in [0.1, 0.15) is 51.5 Å². The van der Waals surface area contributed by atoms with Crippen molar-refractivity contribution in [3.63, 3.8) is 0 Å². The number of halogens is 2. The molecule has 2 nitrogen and oxygen atoms in total. The molecule has 21 heavy (non-hydrogen) atoms. The SMILES string of the molecule is CCC1CCCC(Oc2c(F)cc(CC(C)N)cc2F)C1. The molecule has 1 saturated carbocycles. The maximum atomic E-state index is 14.1. The van der Waals surface area contributed by atoms with Crippen LogP contribution in [-0.2, 0) is 6.42 Å². The van der Waals surface area contributed by atoms with Gasteiger partial charge in [0.15, 0.2) is 17.4 Å². The van der Waals surface area contributed by atoms with Crippen LogP contribution < -0.4 is 10.5 Å². The van der Waals surface area contributed by atoms with Gasteiger partial charge in [-0.1, -0.05) is 19.8 Å². The molecule has 1 aliphatic rings. The van der Waals surface area contributed by atoms with Crippen LogP contribution in [0.4, 0.5) is 8.78 Å². The Bertz CT molecular complexity index is 453. The van der Waals surface area contributed by atoms with Crippen LogP contribution in [0, 0.1) is 17.6 Å². The first-order valence-corrected chi connectivity index (χ1v) is 7.89. The Balaban J connectivity index is 2.09. The van der Waals surface area contributed by atoms with E-state index in [0.717, 1.165) is 25.7 Å². The van der Waals surface area contributed by atoms with Crippen molar-refractivity contribution in [1.29, 1.82) is 0 Å². The minimum atomic E-state index is -0.621. The van der Waals surface area contributed by atoms with Gasteiger partial charge in [-0.05, 0) is 56.2 Å². The molecule has 0 bridgehead atoms. The largest absolute Gasteiger partial charge is 0.484 e. The zero-order valence-electron chi connectivity index (χ0n) is 12.9. The van der Waals surface area contributed by atoms with Crippen molar-refractivity contribution < 1.29 is 13.5 Å². The van der Waals surface area contributed by atoms with E-state index in [0.29, 0.717) is 17.9 Å². The molecule has 2 N–H and O–H groups in total. The highest BCUT2D eigenvalue weighted by Crippen LogP contribution is 2.32. The van der Waals surface area contributed by atoms with Gasteiger partial charge in [0.2, 0.25) is 0 Å². The number of hydrogen-bond donors (Lipinski definition) is 1. The summed E-state index contributed by atoms with van der Waals surface area (Å²) in [5, 5.41) is 0. The van der Waals surface area contributed by atoms with E-state index in [4.69, 9.17) is 10.5 Å². The average molecular weight is 297 g/mol. The fourth-order valence-electron chi connectivity index (χ4n) is 3.10. The van der Waals surface area contributed by atoms with Gasteiger partial charge in [0.05, 0.1) is 6.10 Å². The Morgan fingerprint density at radius 3 is 2.52 bits per heavy atom. The molecule has 0 heterocycles. The van der Waals surface area contributed by atoms with Crippen LogP contribution in [0.15, 0.2) is 12.1 Å². The van der Waals surface area contributed by atoms with Crippen molar-refractivity contribution in [2.24, 2.45) is 11.7 Å². The van der Waals surface area contributed by atoms with Gasteiger partial charge >= 0.3 is 0 Å². The summed E-state index contributed by atoms with van der Waals surface area (Å²) in [6, 6.07) is 2.54. The standard InChI is InChI=1S/C17H25F2NO/c1-3-12-5-4-6-14(8-12)21-17-15(18)9-13(7-11(2)20)10-16(17)19/h9-12,14H,3-8,20H2,1-2H3. The summed E-state index contributed by atoms with van der Waals surface area (Å²) in [7, 11) is 0. The summed E-state index contributed by atoms with van der Waals surface area (Å²) >= 11 is 0. The van der Waals surface area contributed by atoms with E-state index in [1.165, 1.54) is 18.6 Å². The molecule has 1 aliphatic carbocycles. The first-order valence-electron chi connectivity index (χ1n) is 7.89. The van der Waals surface area contributed by atoms with Crippen molar-refractivity contribution in [1.82, 2.24) is 0 Å². The number of nitrogens with two attached hydrogens (primary N) is 1. The second-order valence-electron chi connectivity index (χ2n) is 6.25. The molecule has 1 fully saturated rings. The van der Waals surface area contributed by atoms with E-state index in [1.54, 1.807) is 0 Å². The third kappa shape index (κ3) is 4.40. The first-order chi connectivity index (χ1) is 9.99. The zero-order chi connectivity index (χ0) is 15.4. The maximum Gasteiger partial charge on any atom is 0.191 e. The van der Waals surface area contributed by atoms with E-state index < -0.39 is 11.6 Å². The van der Waals surface area contributed by atoms with Crippen molar-refractivity contribution in [2.45, 2.75) is 64.5 Å². The number of rotatable bonds is 5. The quantitative estimate of drug-likeness (QED) is 0.884. The number of hydrogen-bond acceptors (Lipinski definition) is 2. The lowest BCUT2D eigenvalue weighted by atomic mass is 9.85. The van der Waals surface area contributed by atoms with Crippen LogP contribution in [0.3, 0.4) is 0 Å². The lowest BCUT2D eigenvalue weighted by Crippen LogP contribution is -2.26. The molecule has 4 heteroatoms. The second kappa shape index (κ2) is 7.21. The van der Waals surface area contributed by atoms with Crippen molar-refractivity contribution in [2.75, 3.05) is 0 Å². The highest BCUT2D eigenvalue weighted by atomic mass is 19.1. The normalized spacial score (nSPS) is 23.9. The molecular weight excluding hydrogens is 272 g/mol. The molecule has 2 rings (SSSR count). The summed E-state index contributed by atoms with van der Waals surface area (Å²) in [6.45, 7) is 3.96. The lowest BCUT2D eigenvalue weighted by Gasteiger charge is -2.29. The fourth-order valence-corrected chi connectivity index (χ4v) is 3.10. The molecule has 3 unspecified atom stereocenters. The Kier molecular flexibility index (Phi) is 5.57. The maximum absolute atomic E-state index is 14.1. The fraction of sp³-hybridized carbons (Fsp3) is 0.647. The van der Waals surface area contributed by atoms with Gasteiger partial charge in [-0.2, -0.15) is 0 Å². The Morgan fingerprint density at radius 1 is 1.29 bits per heavy atom. The minimum absolute atomic E-state index is 0.0769. The number of benzene rings is 1. The summed E-state index contributed by atoms with van der Waals surface area (Å²) in [6.07, 6.45) is 5.48. The van der Waals surface area contributed by atoms with Gasteiger partial charge in [0.25, 0.3) is 0 Å². The van der Waals surface area contributed by atoms with Crippen molar-refractivity contribution >= 4 is 0 Å². The molecule has 0 aromatic heterocycles. The Hall–Kier alpha value is -1.16. The third-order valence-electron chi connectivity index (χ3n) is 4.21. The van der Waals surface area contributed by atoms with Gasteiger partial charge < -0.3 is 10.5 Å². The predicted octanol–water partition coefficient (Wildman–Crippen LogP) is 4.20. The van der Waals surface area contributed by atoms with Gasteiger partial charge in [-0.15, -0.1) is 0 Å². The van der Waals surface area contributed by atoms with Crippen LogP contribution in [-0.4, -0.2) is 12.1 Å². The summed E-state index contributed by atoms with van der Waals surface area (Å²) < 4.78 is 33.8. The highest BCUT2D eigenvalue weighted by Gasteiger charge is 2.24. The lowest BCUT2D eigenvalue weighted by molar-refractivity contribution is 0.112. The molecule has 0 aliphatic heterocycles. The summed E-state index contributed by atoms with van der Waals surface area (Å²) in [4.78, 5) is 0. The van der Waals surface area contributed by atoms with Gasteiger partial charge in [-0.3, -0.25) is 0 Å². The summed E-state index contributed by atoms with van der Waals surface area (Å²) in [5.74, 6) is -0.869. The third-order valence-corrected chi connectivity index (χ3v) is 4.21. The Labute approximate surface area is 125 Å². The topological polar surface area (TPSA) is 35.2 Å². The van der Waals surface area contributed by atoms with Crippen LogP contribution >= 0.6 is 0 Å². The molecular formula is C17H25F2NO. The first kappa shape index (κ1) is 16.2. The molecule has 118 valence electrons. The van der Waals surface area contributed by atoms with E-state index in [-0.39, 0.29) is 17.9 Å². The molecule has 0 radical (unpaired) electrons. The Morgan fingerprint density at radius 2 is 1.95 bits per heavy atom. The van der Waals surface area contributed by atoms with Crippen LogP contribution in [0.25, 0.3) is 0 Å². The molecule has 0 saturated heterocycles. The molecule has 0 amide bonds. The van der Waals surface area contributed by atoms with Crippen molar-refractivity contribution in [3.8, 4) is 5.75 Å². The highest BCUT2D eigenvalue weighted by molar-refractivity contribution is 5.32. The van der Waals surface area contributed by atoms with Gasteiger partial charge in [0.1, 0.15) is 0 Å². The predicted molar refractivity (Wildman–Crippen MR) is 80.4 cm³/mol. The van der Waals surface area contributed by atoms with E-state index >= 15 is 0 Å². The average Bonchev–Trinajstić information content (AvgIpc) is 2.42. The van der Waals surface area contributed by atoms with Crippen LogP contribution in [0.2, 0.25) is 0 Å². The van der Waals surface area contributed by atoms with E-state index in [2.05, 4.69) is 6.92 Å². The summed E-state index contributed by atoms with van der Waals surface area (Å²) in [5.41, 5.74) is 6.24.